The van der Waals surface area contributed by atoms with Crippen LogP contribution in [0.2, 0.25) is 9.36 Å². The third-order valence-corrected chi connectivity index (χ3v) is 6.89. The molecule has 2 aromatic heterocycles. The molecule has 4 rings (SSSR count). The molecule has 126 valence electrons. The lowest BCUT2D eigenvalue weighted by Gasteiger charge is -2.50. The number of hydrogen-bond acceptors (Lipinski definition) is 5. The molecule has 2 aliphatic rings. The van der Waals surface area contributed by atoms with Crippen LogP contribution >= 0.6 is 34.7 Å². The Hall–Kier alpha value is -1.24. The summed E-state index contributed by atoms with van der Waals surface area (Å²) < 4.78 is 4.52. The van der Waals surface area contributed by atoms with E-state index >= 15 is 0 Å². The molecule has 0 spiro atoms. The molecule has 24 heavy (non-hydrogen) atoms. The van der Waals surface area contributed by atoms with Crippen molar-refractivity contribution in [1.29, 1.82) is 0 Å². The second-order valence-corrected chi connectivity index (χ2v) is 8.34. The van der Waals surface area contributed by atoms with Crippen LogP contribution in [0.4, 0.5) is 0 Å². The highest BCUT2D eigenvalue weighted by Gasteiger charge is 2.48. The van der Waals surface area contributed by atoms with Gasteiger partial charge in [0.1, 0.15) is 15.7 Å². The van der Waals surface area contributed by atoms with Crippen LogP contribution in [0.5, 0.6) is 0 Å². The van der Waals surface area contributed by atoms with Crippen molar-refractivity contribution in [3.63, 3.8) is 0 Å². The van der Waals surface area contributed by atoms with E-state index in [2.05, 4.69) is 21.3 Å². The predicted octanol–water partition coefficient (Wildman–Crippen LogP) is 3.75. The third-order valence-electron chi connectivity index (χ3n) is 5.28. The minimum absolute atomic E-state index is 0.0951. The molecule has 1 aliphatic heterocycles. The van der Waals surface area contributed by atoms with Crippen molar-refractivity contribution in [3.05, 3.63) is 38.8 Å². The van der Waals surface area contributed by atoms with Gasteiger partial charge in [-0.1, -0.05) is 30.1 Å². The fourth-order valence-electron chi connectivity index (χ4n) is 4.15. The van der Waals surface area contributed by atoms with E-state index in [9.17, 15) is 4.79 Å². The van der Waals surface area contributed by atoms with Gasteiger partial charge < -0.3 is 4.90 Å². The second kappa shape index (κ2) is 5.93. The fourth-order valence-corrected chi connectivity index (χ4v) is 5.14. The van der Waals surface area contributed by atoms with Crippen LogP contribution in [0.3, 0.4) is 0 Å². The van der Waals surface area contributed by atoms with Crippen molar-refractivity contribution in [2.75, 3.05) is 6.54 Å². The van der Waals surface area contributed by atoms with Crippen LogP contribution in [-0.4, -0.2) is 37.7 Å². The zero-order valence-electron chi connectivity index (χ0n) is 13.1. The first kappa shape index (κ1) is 16.2. The van der Waals surface area contributed by atoms with E-state index in [1.165, 1.54) is 5.56 Å². The maximum absolute atomic E-state index is 13.0. The van der Waals surface area contributed by atoms with Crippen LogP contribution in [0.1, 0.15) is 47.9 Å². The van der Waals surface area contributed by atoms with Gasteiger partial charge in [0.15, 0.2) is 5.69 Å². The van der Waals surface area contributed by atoms with Gasteiger partial charge in [0, 0.05) is 24.2 Å². The van der Waals surface area contributed by atoms with Crippen molar-refractivity contribution >= 4 is 40.6 Å². The van der Waals surface area contributed by atoms with E-state index in [0.29, 0.717) is 10.9 Å². The summed E-state index contributed by atoms with van der Waals surface area (Å²) in [5, 5.41) is 0.262. The number of fused-ring (bicyclic) bond motifs is 3. The fraction of sp³-hybridized carbons (Fsp3) is 0.500. The molecule has 5 nitrogen and oxygen atoms in total. The Morgan fingerprint density at radius 1 is 1.46 bits per heavy atom. The zero-order chi connectivity index (χ0) is 16.9. The predicted molar refractivity (Wildman–Crippen MR) is 93.9 cm³/mol. The summed E-state index contributed by atoms with van der Waals surface area (Å²) in [5.41, 5.74) is 2.38. The van der Waals surface area contributed by atoms with Crippen LogP contribution < -0.4 is 0 Å². The maximum atomic E-state index is 13.0. The molecule has 1 saturated heterocycles. The molecule has 0 aromatic carbocycles. The lowest BCUT2D eigenvalue weighted by molar-refractivity contribution is 0.0375. The first-order chi connectivity index (χ1) is 11.5. The molecule has 1 aliphatic carbocycles. The summed E-state index contributed by atoms with van der Waals surface area (Å²) in [7, 11) is 0. The van der Waals surface area contributed by atoms with Gasteiger partial charge in [-0.25, -0.2) is 9.97 Å². The molecule has 3 heterocycles. The second-order valence-electron chi connectivity index (χ2n) is 6.59. The number of halogens is 2. The summed E-state index contributed by atoms with van der Waals surface area (Å²) in [5.74, 6) is -0.128. The molecule has 0 N–H and O–H groups in total. The van der Waals surface area contributed by atoms with Gasteiger partial charge >= 0.3 is 0 Å². The maximum Gasteiger partial charge on any atom is 0.275 e. The Labute approximate surface area is 154 Å². The number of hydrogen-bond donors (Lipinski definition) is 0. The number of nitrogens with zero attached hydrogens (tertiary/aromatic N) is 4. The number of rotatable bonds is 1. The molecule has 2 atom stereocenters. The van der Waals surface area contributed by atoms with Crippen LogP contribution in [0.15, 0.2) is 12.5 Å². The van der Waals surface area contributed by atoms with E-state index in [1.54, 1.807) is 6.33 Å². The number of carbonyl (C=O) groups excluding carboxylic acids is 1. The normalized spacial score (nSPS) is 26.0. The topological polar surface area (TPSA) is 59.0 Å². The molecule has 0 unspecified atom stereocenters. The van der Waals surface area contributed by atoms with E-state index in [1.807, 2.05) is 11.1 Å². The highest BCUT2D eigenvalue weighted by atomic mass is 35.5. The van der Waals surface area contributed by atoms with Crippen LogP contribution in [0, 0.1) is 0 Å². The van der Waals surface area contributed by atoms with Crippen LogP contribution in [-0.2, 0) is 11.8 Å². The standard InChI is InChI=1S/C16H16Cl2N4OS/c1-16-5-2-6-22(15(23)12-11(17)14(18)24-21-12)10(16)4-3-9-7-19-8-20-13(9)16/h7-8,10H,2-6H2,1H3/t10-,16-/m1/s1. The van der Waals surface area contributed by atoms with Gasteiger partial charge in [0.25, 0.3) is 5.91 Å². The molecule has 0 radical (unpaired) electrons. The van der Waals surface area contributed by atoms with Gasteiger partial charge in [-0.05, 0) is 42.8 Å². The number of piperidine rings is 1. The molecule has 2 aromatic rings. The van der Waals surface area contributed by atoms with Crippen molar-refractivity contribution in [1.82, 2.24) is 19.2 Å². The van der Waals surface area contributed by atoms with E-state index in [0.717, 1.165) is 42.9 Å². The molecule has 1 amide bonds. The third kappa shape index (κ3) is 2.35. The highest BCUT2D eigenvalue weighted by molar-refractivity contribution is 7.11. The number of aryl methyl sites for hydroxylation is 1. The molecular weight excluding hydrogens is 367 g/mol. The Bertz CT molecular complexity index is 811. The van der Waals surface area contributed by atoms with Crippen molar-refractivity contribution < 1.29 is 4.79 Å². The summed E-state index contributed by atoms with van der Waals surface area (Å²) in [4.78, 5) is 23.7. The average molecular weight is 383 g/mol. The van der Waals surface area contributed by atoms with Gasteiger partial charge in [-0.2, -0.15) is 4.37 Å². The number of likely N-dealkylation sites (tertiary alicyclic amines) is 1. The smallest absolute Gasteiger partial charge is 0.275 e. The number of carbonyl (C=O) groups is 1. The number of amides is 1. The molecule has 0 saturated carbocycles. The first-order valence-electron chi connectivity index (χ1n) is 7.93. The Morgan fingerprint density at radius 2 is 2.29 bits per heavy atom. The number of aromatic nitrogens is 3. The summed E-state index contributed by atoms with van der Waals surface area (Å²) in [6, 6.07) is 0.0951. The van der Waals surface area contributed by atoms with E-state index in [-0.39, 0.29) is 28.1 Å². The molecule has 1 fully saturated rings. The Morgan fingerprint density at radius 3 is 3.04 bits per heavy atom. The monoisotopic (exact) mass is 382 g/mol. The first-order valence-corrected chi connectivity index (χ1v) is 9.46. The minimum atomic E-state index is -0.156. The van der Waals surface area contributed by atoms with Crippen molar-refractivity contribution in [2.24, 2.45) is 0 Å². The quantitative estimate of drug-likeness (QED) is 0.753. The molecule has 8 heteroatoms. The van der Waals surface area contributed by atoms with Crippen LogP contribution in [0.25, 0.3) is 0 Å². The average Bonchev–Trinajstić information content (AvgIpc) is 2.92. The van der Waals surface area contributed by atoms with E-state index < -0.39 is 0 Å². The summed E-state index contributed by atoms with van der Waals surface area (Å²) in [6.07, 6.45) is 7.23. The van der Waals surface area contributed by atoms with Crippen molar-refractivity contribution in [3.8, 4) is 0 Å². The lowest BCUT2D eigenvalue weighted by atomic mass is 9.65. The zero-order valence-corrected chi connectivity index (χ0v) is 15.5. The van der Waals surface area contributed by atoms with Gasteiger partial charge in [0.2, 0.25) is 0 Å². The Kier molecular flexibility index (Phi) is 4.01. The van der Waals surface area contributed by atoms with Crippen molar-refractivity contribution in [2.45, 2.75) is 44.1 Å². The minimum Gasteiger partial charge on any atom is -0.333 e. The van der Waals surface area contributed by atoms with Gasteiger partial charge in [0.05, 0.1) is 5.69 Å². The van der Waals surface area contributed by atoms with Gasteiger partial charge in [-0.15, -0.1) is 0 Å². The lowest BCUT2D eigenvalue weighted by Crippen LogP contribution is -2.57. The van der Waals surface area contributed by atoms with E-state index in [4.69, 9.17) is 23.2 Å². The molecule has 0 bridgehead atoms. The Balaban J connectivity index is 1.72. The SMILES string of the molecule is C[C@@]12CCCN(C(=O)c3nsc(Cl)c3Cl)[C@@H]1CCc1cncnc12. The molecular formula is C16H16Cl2N4OS. The summed E-state index contributed by atoms with van der Waals surface area (Å²) >= 11 is 13.2. The largest absolute Gasteiger partial charge is 0.333 e. The summed E-state index contributed by atoms with van der Waals surface area (Å²) in [6.45, 7) is 2.92. The van der Waals surface area contributed by atoms with Gasteiger partial charge in [-0.3, -0.25) is 4.79 Å². The highest BCUT2D eigenvalue weighted by Crippen LogP contribution is 2.45.